The van der Waals surface area contributed by atoms with Gasteiger partial charge in [0.25, 0.3) is 0 Å². The molecule has 1 atom stereocenters. The Balaban J connectivity index is 1.86. The fourth-order valence-electron chi connectivity index (χ4n) is 3.26. The first-order valence-corrected chi connectivity index (χ1v) is 7.74. The van der Waals surface area contributed by atoms with Crippen molar-refractivity contribution in [3.63, 3.8) is 0 Å². The monoisotopic (exact) mass is 299 g/mol. The van der Waals surface area contributed by atoms with Gasteiger partial charge in [-0.2, -0.15) is 0 Å². The van der Waals surface area contributed by atoms with Crippen molar-refractivity contribution in [2.45, 2.75) is 37.0 Å². The van der Waals surface area contributed by atoms with E-state index in [0.29, 0.717) is 0 Å². The Kier molecular flexibility index (Phi) is 4.07. The van der Waals surface area contributed by atoms with E-state index in [9.17, 15) is 4.79 Å². The van der Waals surface area contributed by atoms with Crippen LogP contribution in [0.3, 0.4) is 0 Å². The van der Waals surface area contributed by atoms with Crippen LogP contribution in [0.4, 0.5) is 0 Å². The number of hydrogen-bond donors (Lipinski definition) is 0. The maximum atomic E-state index is 11.5. The molecule has 1 aliphatic carbocycles. The Bertz CT molecular complexity index is 605. The van der Waals surface area contributed by atoms with Gasteiger partial charge in [0, 0.05) is 11.2 Å². The van der Waals surface area contributed by atoms with Gasteiger partial charge in [0.15, 0.2) is 0 Å². The molecule has 1 unspecified atom stereocenters. The highest BCUT2D eigenvalue weighted by molar-refractivity contribution is 6.30. The Morgan fingerprint density at radius 2 is 1.95 bits per heavy atom. The van der Waals surface area contributed by atoms with Gasteiger partial charge in [-0.25, -0.2) is 0 Å². The summed E-state index contributed by atoms with van der Waals surface area (Å²) in [4.78, 5) is 15.9. The van der Waals surface area contributed by atoms with Crippen LogP contribution in [-0.4, -0.2) is 11.3 Å². The summed E-state index contributed by atoms with van der Waals surface area (Å²) in [5, 5.41) is 0.755. The minimum Gasteiger partial charge on any atom is -0.303 e. The first-order chi connectivity index (χ1) is 10.2. The lowest BCUT2D eigenvalue weighted by molar-refractivity contribution is -0.109. The van der Waals surface area contributed by atoms with Crippen molar-refractivity contribution in [1.29, 1.82) is 0 Å². The molecule has 1 aromatic carbocycles. The van der Waals surface area contributed by atoms with Crippen LogP contribution in [0.5, 0.6) is 0 Å². The highest BCUT2D eigenvalue weighted by atomic mass is 35.5. The molecule has 0 saturated heterocycles. The third kappa shape index (κ3) is 2.86. The largest absolute Gasteiger partial charge is 0.303 e. The Hall–Kier alpha value is -1.67. The lowest BCUT2D eigenvalue weighted by Crippen LogP contribution is -2.36. The zero-order chi connectivity index (χ0) is 14.7. The molecule has 1 fully saturated rings. The van der Waals surface area contributed by atoms with E-state index in [-0.39, 0.29) is 11.3 Å². The van der Waals surface area contributed by atoms with Crippen molar-refractivity contribution in [3.05, 3.63) is 64.9 Å². The number of halogens is 1. The maximum Gasteiger partial charge on any atom is 0.129 e. The fraction of sp³-hybridized carbons (Fsp3) is 0.333. The lowest BCUT2D eigenvalue weighted by Gasteiger charge is -2.44. The molecule has 1 aliphatic rings. The van der Waals surface area contributed by atoms with Crippen molar-refractivity contribution in [1.82, 2.24) is 4.98 Å². The molecule has 3 rings (SSSR count). The molecule has 0 spiro atoms. The smallest absolute Gasteiger partial charge is 0.129 e. The van der Waals surface area contributed by atoms with E-state index in [2.05, 4.69) is 17.1 Å². The maximum absolute atomic E-state index is 11.5. The van der Waals surface area contributed by atoms with Gasteiger partial charge in [-0.3, -0.25) is 4.98 Å². The van der Waals surface area contributed by atoms with E-state index in [1.165, 1.54) is 12.0 Å². The third-order valence-corrected chi connectivity index (χ3v) is 4.86. The van der Waals surface area contributed by atoms with E-state index in [0.717, 1.165) is 36.3 Å². The standard InChI is InChI=1S/C18H18ClNO/c19-16-7-5-15(6-8-16)18(9-3-10-18)12-14(13-21)17-4-1-2-11-20-17/h1-2,4-8,11,13-14H,3,9-10,12H2. The van der Waals surface area contributed by atoms with Crippen LogP contribution in [-0.2, 0) is 10.2 Å². The third-order valence-electron chi connectivity index (χ3n) is 4.61. The molecule has 2 aromatic rings. The van der Waals surface area contributed by atoms with Gasteiger partial charge < -0.3 is 4.79 Å². The summed E-state index contributed by atoms with van der Waals surface area (Å²) in [6, 6.07) is 13.8. The summed E-state index contributed by atoms with van der Waals surface area (Å²) < 4.78 is 0. The average Bonchev–Trinajstić information content (AvgIpc) is 2.49. The van der Waals surface area contributed by atoms with E-state index < -0.39 is 0 Å². The van der Waals surface area contributed by atoms with E-state index in [1.807, 2.05) is 30.3 Å². The molecule has 0 aliphatic heterocycles. The molecule has 0 radical (unpaired) electrons. The number of carbonyl (C=O) groups is 1. The number of aromatic nitrogens is 1. The second kappa shape index (κ2) is 5.98. The fourth-order valence-corrected chi connectivity index (χ4v) is 3.38. The van der Waals surface area contributed by atoms with Crippen LogP contribution in [0, 0.1) is 0 Å². The van der Waals surface area contributed by atoms with Crippen molar-refractivity contribution >= 4 is 17.9 Å². The number of benzene rings is 1. The van der Waals surface area contributed by atoms with Gasteiger partial charge in [-0.1, -0.05) is 36.2 Å². The highest BCUT2D eigenvalue weighted by Gasteiger charge is 2.40. The summed E-state index contributed by atoms with van der Waals surface area (Å²) in [7, 11) is 0. The van der Waals surface area contributed by atoms with Crippen LogP contribution in [0.25, 0.3) is 0 Å². The second-order valence-corrected chi connectivity index (χ2v) is 6.28. The zero-order valence-electron chi connectivity index (χ0n) is 11.8. The van der Waals surface area contributed by atoms with E-state index in [1.54, 1.807) is 6.20 Å². The van der Waals surface area contributed by atoms with Gasteiger partial charge >= 0.3 is 0 Å². The first-order valence-electron chi connectivity index (χ1n) is 7.36. The van der Waals surface area contributed by atoms with E-state index >= 15 is 0 Å². The lowest BCUT2D eigenvalue weighted by atomic mass is 9.60. The summed E-state index contributed by atoms with van der Waals surface area (Å²) >= 11 is 5.99. The summed E-state index contributed by atoms with van der Waals surface area (Å²) in [6.07, 6.45) is 7.10. The van der Waals surface area contributed by atoms with Crippen molar-refractivity contribution in [3.8, 4) is 0 Å². The number of pyridine rings is 1. The van der Waals surface area contributed by atoms with Crippen molar-refractivity contribution < 1.29 is 4.79 Å². The molecule has 1 heterocycles. The van der Waals surface area contributed by atoms with Crippen LogP contribution in [0.2, 0.25) is 5.02 Å². The number of hydrogen-bond acceptors (Lipinski definition) is 2. The number of nitrogens with zero attached hydrogens (tertiary/aromatic N) is 1. The average molecular weight is 300 g/mol. The minimum atomic E-state index is -0.137. The summed E-state index contributed by atoms with van der Waals surface area (Å²) in [5.41, 5.74) is 2.27. The molecule has 0 N–H and O–H groups in total. The van der Waals surface area contributed by atoms with Crippen LogP contribution < -0.4 is 0 Å². The quantitative estimate of drug-likeness (QED) is 0.759. The molecule has 1 saturated carbocycles. The molecular weight excluding hydrogens is 282 g/mol. The number of rotatable bonds is 5. The number of carbonyl (C=O) groups excluding carboxylic acids is 1. The molecule has 0 bridgehead atoms. The van der Waals surface area contributed by atoms with Gasteiger partial charge in [-0.15, -0.1) is 0 Å². The number of aldehydes is 1. The Labute approximate surface area is 130 Å². The van der Waals surface area contributed by atoms with Gasteiger partial charge in [0.05, 0.1) is 11.6 Å². The predicted molar refractivity (Wildman–Crippen MR) is 84.6 cm³/mol. The van der Waals surface area contributed by atoms with Crippen LogP contribution in [0.1, 0.15) is 42.9 Å². The second-order valence-electron chi connectivity index (χ2n) is 5.84. The molecule has 108 valence electrons. The van der Waals surface area contributed by atoms with Gasteiger partial charge in [0.2, 0.25) is 0 Å². The minimum absolute atomic E-state index is 0.105. The van der Waals surface area contributed by atoms with Gasteiger partial charge in [-0.05, 0) is 54.5 Å². The summed E-state index contributed by atoms with van der Waals surface area (Å²) in [6.45, 7) is 0. The van der Waals surface area contributed by atoms with Gasteiger partial charge in [0.1, 0.15) is 6.29 Å². The van der Waals surface area contributed by atoms with E-state index in [4.69, 9.17) is 11.6 Å². The van der Waals surface area contributed by atoms with Crippen molar-refractivity contribution in [2.24, 2.45) is 0 Å². The highest BCUT2D eigenvalue weighted by Crippen LogP contribution is 2.49. The molecule has 0 amide bonds. The molecular formula is C18H18ClNO. The van der Waals surface area contributed by atoms with Crippen molar-refractivity contribution in [2.75, 3.05) is 0 Å². The van der Waals surface area contributed by atoms with Crippen LogP contribution >= 0.6 is 11.6 Å². The zero-order valence-corrected chi connectivity index (χ0v) is 12.6. The SMILES string of the molecule is O=CC(CC1(c2ccc(Cl)cc2)CCC1)c1ccccn1. The summed E-state index contributed by atoms with van der Waals surface area (Å²) in [5.74, 6) is -0.137. The molecule has 2 nitrogen and oxygen atoms in total. The molecule has 3 heteroatoms. The molecule has 21 heavy (non-hydrogen) atoms. The Morgan fingerprint density at radius 3 is 2.48 bits per heavy atom. The first kappa shape index (κ1) is 14.3. The Morgan fingerprint density at radius 1 is 1.19 bits per heavy atom. The topological polar surface area (TPSA) is 30.0 Å². The normalized spacial score (nSPS) is 17.8. The predicted octanol–water partition coefficient (Wildman–Crippen LogP) is 4.53. The molecule has 1 aromatic heterocycles. The van der Waals surface area contributed by atoms with Crippen LogP contribution in [0.15, 0.2) is 48.7 Å².